The van der Waals surface area contributed by atoms with E-state index in [1.807, 2.05) is 24.3 Å². The van der Waals surface area contributed by atoms with E-state index < -0.39 is 15.1 Å². The average Bonchev–Trinajstić information content (AvgIpc) is 2.79. The van der Waals surface area contributed by atoms with E-state index in [1.165, 1.54) is 0 Å². The van der Waals surface area contributed by atoms with Crippen LogP contribution in [0.1, 0.15) is 5.56 Å². The molecule has 8 heteroatoms. The average molecular weight is 315 g/mol. The molecular formula is C12H13NO5S2. The fraction of sp³-hybridized carbons (Fsp3) is 0.250. The van der Waals surface area contributed by atoms with Crippen molar-refractivity contribution in [2.75, 3.05) is 12.3 Å². The zero-order chi connectivity index (χ0) is 14.6. The lowest BCUT2D eigenvalue weighted by Gasteiger charge is -2.03. The van der Waals surface area contributed by atoms with Gasteiger partial charge in [0.05, 0.1) is 12.0 Å². The standard InChI is InChI=1S/C12H13NO5S2/c14-12(8-19-20(15,16)17)13-6-5-9-7-18-11-4-2-1-3-10(9)11/h1-4,7H,5-6,8H2,(H,13,14)(H,15,16,17). The van der Waals surface area contributed by atoms with Gasteiger partial charge in [0.15, 0.2) is 0 Å². The zero-order valence-electron chi connectivity index (χ0n) is 10.4. The van der Waals surface area contributed by atoms with Gasteiger partial charge in [0.25, 0.3) is 0 Å². The summed E-state index contributed by atoms with van der Waals surface area (Å²) in [6.45, 7) is 0.369. The summed E-state index contributed by atoms with van der Waals surface area (Å²) >= 11 is 0. The molecule has 0 fully saturated rings. The van der Waals surface area contributed by atoms with E-state index in [4.69, 9.17) is 8.97 Å². The highest BCUT2D eigenvalue weighted by molar-refractivity contribution is 8.70. The Balaban J connectivity index is 1.83. The third-order valence-electron chi connectivity index (χ3n) is 2.62. The molecule has 0 aliphatic heterocycles. The van der Waals surface area contributed by atoms with E-state index in [9.17, 15) is 13.2 Å². The Bertz CT molecular complexity index is 707. The number of nitrogens with one attached hydrogen (secondary N) is 1. The molecule has 0 saturated carbocycles. The number of furan rings is 1. The molecule has 0 atom stereocenters. The number of carbonyl (C=O) groups is 1. The van der Waals surface area contributed by atoms with Gasteiger partial charge in [0, 0.05) is 22.7 Å². The van der Waals surface area contributed by atoms with Gasteiger partial charge in [0.2, 0.25) is 5.91 Å². The minimum atomic E-state index is -4.18. The minimum Gasteiger partial charge on any atom is -0.464 e. The number of para-hydroxylation sites is 1. The van der Waals surface area contributed by atoms with Crippen LogP contribution in [0.25, 0.3) is 11.0 Å². The summed E-state index contributed by atoms with van der Waals surface area (Å²) in [4.78, 5) is 11.4. The Kier molecular flexibility index (Phi) is 4.69. The highest BCUT2D eigenvalue weighted by Crippen LogP contribution is 2.20. The molecule has 1 heterocycles. The first-order chi connectivity index (χ1) is 9.46. The van der Waals surface area contributed by atoms with Gasteiger partial charge in [-0.05, 0) is 18.1 Å². The SMILES string of the molecule is O=C(CSS(=O)(=O)O)NCCc1coc2ccccc12. The van der Waals surface area contributed by atoms with Crippen LogP contribution in [0.2, 0.25) is 0 Å². The normalized spacial score (nSPS) is 11.7. The Hall–Kier alpha value is -1.51. The van der Waals surface area contributed by atoms with E-state index in [1.54, 1.807) is 6.26 Å². The van der Waals surface area contributed by atoms with E-state index in [0.29, 0.717) is 13.0 Å². The summed E-state index contributed by atoms with van der Waals surface area (Å²) in [5.41, 5.74) is 1.76. The smallest absolute Gasteiger partial charge is 0.320 e. The molecule has 1 amide bonds. The zero-order valence-corrected chi connectivity index (χ0v) is 12.0. The molecule has 2 rings (SSSR count). The van der Waals surface area contributed by atoms with Crippen molar-refractivity contribution < 1.29 is 22.2 Å². The molecular weight excluding hydrogens is 302 g/mol. The van der Waals surface area contributed by atoms with E-state index >= 15 is 0 Å². The van der Waals surface area contributed by atoms with Crippen molar-refractivity contribution in [3.05, 3.63) is 36.1 Å². The summed E-state index contributed by atoms with van der Waals surface area (Å²) in [6.07, 6.45) is 2.23. The highest BCUT2D eigenvalue weighted by Gasteiger charge is 2.10. The monoisotopic (exact) mass is 315 g/mol. The molecule has 0 bridgehead atoms. The molecule has 1 aromatic carbocycles. The van der Waals surface area contributed by atoms with E-state index in [-0.39, 0.29) is 16.5 Å². The lowest BCUT2D eigenvalue weighted by molar-refractivity contribution is -0.118. The third kappa shape index (κ3) is 4.26. The number of amides is 1. The number of rotatable bonds is 6. The lowest BCUT2D eigenvalue weighted by Crippen LogP contribution is -2.27. The molecule has 0 radical (unpaired) electrons. The van der Waals surface area contributed by atoms with Crippen LogP contribution in [0.15, 0.2) is 34.9 Å². The van der Waals surface area contributed by atoms with Crippen LogP contribution in [-0.4, -0.2) is 31.2 Å². The maximum absolute atomic E-state index is 11.4. The van der Waals surface area contributed by atoms with Crippen molar-refractivity contribution in [2.45, 2.75) is 6.42 Å². The Morgan fingerprint density at radius 2 is 2.10 bits per heavy atom. The number of hydrogen-bond acceptors (Lipinski definition) is 5. The first kappa shape index (κ1) is 14.9. The quantitative estimate of drug-likeness (QED) is 0.621. The molecule has 20 heavy (non-hydrogen) atoms. The fourth-order valence-electron chi connectivity index (χ4n) is 1.74. The van der Waals surface area contributed by atoms with Gasteiger partial charge in [0.1, 0.15) is 5.58 Å². The van der Waals surface area contributed by atoms with Crippen LogP contribution in [0, 0.1) is 0 Å². The molecule has 108 valence electrons. The predicted octanol–water partition coefficient (Wildman–Crippen LogP) is 1.63. The van der Waals surface area contributed by atoms with E-state index in [0.717, 1.165) is 16.5 Å². The Labute approximate surface area is 119 Å². The number of hydrogen-bond donors (Lipinski definition) is 2. The molecule has 0 aliphatic carbocycles. The van der Waals surface area contributed by atoms with Gasteiger partial charge >= 0.3 is 9.15 Å². The first-order valence-corrected chi connectivity index (χ1v) is 8.73. The van der Waals surface area contributed by atoms with Gasteiger partial charge in [-0.25, -0.2) is 0 Å². The molecule has 0 spiro atoms. The number of benzene rings is 1. The van der Waals surface area contributed by atoms with Crippen molar-refractivity contribution >= 4 is 36.8 Å². The van der Waals surface area contributed by atoms with Crippen molar-refractivity contribution in [1.82, 2.24) is 5.32 Å². The van der Waals surface area contributed by atoms with Crippen molar-refractivity contribution in [3.63, 3.8) is 0 Å². The summed E-state index contributed by atoms with van der Waals surface area (Å²) < 4.78 is 34.8. The van der Waals surface area contributed by atoms with Crippen molar-refractivity contribution in [2.24, 2.45) is 0 Å². The Morgan fingerprint density at radius 3 is 2.85 bits per heavy atom. The highest BCUT2D eigenvalue weighted by atomic mass is 33.1. The molecule has 2 aromatic rings. The first-order valence-electron chi connectivity index (χ1n) is 5.79. The molecule has 1 aromatic heterocycles. The largest absolute Gasteiger partial charge is 0.464 e. The number of fused-ring (bicyclic) bond motifs is 1. The van der Waals surface area contributed by atoms with E-state index in [2.05, 4.69) is 5.32 Å². The lowest BCUT2D eigenvalue weighted by atomic mass is 10.1. The van der Waals surface area contributed by atoms with Crippen LogP contribution in [0.5, 0.6) is 0 Å². The molecule has 0 saturated heterocycles. The van der Waals surface area contributed by atoms with Crippen LogP contribution >= 0.6 is 10.8 Å². The second-order valence-electron chi connectivity index (χ2n) is 4.05. The van der Waals surface area contributed by atoms with Crippen LogP contribution in [0.4, 0.5) is 0 Å². The minimum absolute atomic E-state index is 0.189. The Morgan fingerprint density at radius 1 is 1.35 bits per heavy atom. The van der Waals surface area contributed by atoms with Gasteiger partial charge in [-0.15, -0.1) is 0 Å². The summed E-state index contributed by atoms with van der Waals surface area (Å²) in [5, 5.41) is 3.58. The van der Waals surface area contributed by atoms with Crippen LogP contribution in [-0.2, 0) is 20.4 Å². The summed E-state index contributed by atoms with van der Waals surface area (Å²) in [5.74, 6) is -0.772. The molecule has 0 unspecified atom stereocenters. The maximum Gasteiger partial charge on any atom is 0.320 e. The molecule has 2 N–H and O–H groups in total. The van der Waals surface area contributed by atoms with Gasteiger partial charge in [-0.1, -0.05) is 18.2 Å². The maximum atomic E-state index is 11.4. The fourth-order valence-corrected chi connectivity index (χ4v) is 2.87. The van der Waals surface area contributed by atoms with Crippen LogP contribution in [0.3, 0.4) is 0 Å². The topological polar surface area (TPSA) is 96.6 Å². The molecule has 0 aliphatic rings. The van der Waals surface area contributed by atoms with Gasteiger partial charge in [-0.3, -0.25) is 9.35 Å². The third-order valence-corrected chi connectivity index (χ3v) is 4.54. The van der Waals surface area contributed by atoms with Crippen molar-refractivity contribution in [1.29, 1.82) is 0 Å². The molecule has 6 nitrogen and oxygen atoms in total. The van der Waals surface area contributed by atoms with Crippen molar-refractivity contribution in [3.8, 4) is 0 Å². The van der Waals surface area contributed by atoms with Crippen LogP contribution < -0.4 is 5.32 Å². The summed E-state index contributed by atoms with van der Waals surface area (Å²) in [7, 11) is -3.99. The second-order valence-corrected chi connectivity index (χ2v) is 7.40. The number of carbonyl (C=O) groups excluding carboxylic acids is 1. The van der Waals surface area contributed by atoms with Gasteiger partial charge < -0.3 is 9.73 Å². The van der Waals surface area contributed by atoms with Gasteiger partial charge in [-0.2, -0.15) is 8.42 Å². The predicted molar refractivity (Wildman–Crippen MR) is 76.9 cm³/mol. The summed E-state index contributed by atoms with van der Waals surface area (Å²) in [6, 6.07) is 7.58. The second kappa shape index (κ2) is 6.29.